The molecule has 0 bridgehead atoms. The standard InChI is InChI=1S/C7H4Cl2N2O4/c1-3-2-4(10(12)13)6(9)7(5(3)8)11(14)15/h2H,1H3. The minimum Gasteiger partial charge on any atom is -0.258 e. The molecule has 6 nitrogen and oxygen atoms in total. The highest BCUT2D eigenvalue weighted by Crippen LogP contribution is 2.41. The fourth-order valence-electron chi connectivity index (χ4n) is 1.03. The van der Waals surface area contributed by atoms with Gasteiger partial charge in [-0.2, -0.15) is 0 Å². The summed E-state index contributed by atoms with van der Waals surface area (Å²) >= 11 is 11.1. The van der Waals surface area contributed by atoms with E-state index in [-0.39, 0.29) is 10.6 Å². The topological polar surface area (TPSA) is 86.3 Å². The maximum atomic E-state index is 10.6. The van der Waals surface area contributed by atoms with Gasteiger partial charge in [0.25, 0.3) is 5.69 Å². The maximum Gasteiger partial charge on any atom is 0.313 e. The molecule has 0 N–H and O–H groups in total. The van der Waals surface area contributed by atoms with Crippen LogP contribution in [0, 0.1) is 27.2 Å². The van der Waals surface area contributed by atoms with Crippen LogP contribution in [0.15, 0.2) is 6.07 Å². The summed E-state index contributed by atoms with van der Waals surface area (Å²) in [6, 6.07) is 1.09. The zero-order valence-electron chi connectivity index (χ0n) is 7.36. The zero-order chi connectivity index (χ0) is 11.7. The number of nitro groups is 2. The van der Waals surface area contributed by atoms with Crippen LogP contribution in [0.25, 0.3) is 0 Å². The number of hydrogen-bond donors (Lipinski definition) is 0. The predicted molar refractivity (Wildman–Crippen MR) is 54.5 cm³/mol. The Bertz CT molecular complexity index is 461. The average molecular weight is 251 g/mol. The molecular formula is C7H4Cl2N2O4. The van der Waals surface area contributed by atoms with Crippen LogP contribution in [-0.4, -0.2) is 9.85 Å². The highest BCUT2D eigenvalue weighted by Gasteiger charge is 2.28. The molecule has 80 valence electrons. The lowest BCUT2D eigenvalue weighted by atomic mass is 10.2. The van der Waals surface area contributed by atoms with Crippen molar-refractivity contribution in [1.82, 2.24) is 0 Å². The molecule has 0 aliphatic carbocycles. The van der Waals surface area contributed by atoms with Gasteiger partial charge in [-0.1, -0.05) is 23.2 Å². The Balaban J connectivity index is 3.63. The Morgan fingerprint density at radius 3 is 2.07 bits per heavy atom. The van der Waals surface area contributed by atoms with Crippen LogP contribution < -0.4 is 0 Å². The van der Waals surface area contributed by atoms with E-state index in [1.165, 1.54) is 6.92 Å². The molecule has 1 rings (SSSR count). The molecule has 0 amide bonds. The molecule has 1 aromatic carbocycles. The first-order chi connectivity index (χ1) is 6.86. The van der Waals surface area contributed by atoms with Gasteiger partial charge in [0.2, 0.25) is 0 Å². The summed E-state index contributed by atoms with van der Waals surface area (Å²) in [5.74, 6) is 0. The molecular weight excluding hydrogens is 247 g/mol. The normalized spacial score (nSPS) is 10.1. The SMILES string of the molecule is Cc1cc([N+](=O)[O-])c(Cl)c([N+](=O)[O-])c1Cl. The second-order valence-electron chi connectivity index (χ2n) is 2.70. The molecule has 15 heavy (non-hydrogen) atoms. The van der Waals surface area contributed by atoms with E-state index in [1.54, 1.807) is 0 Å². The van der Waals surface area contributed by atoms with Crippen molar-refractivity contribution in [1.29, 1.82) is 0 Å². The first kappa shape index (κ1) is 11.7. The Labute approximate surface area is 93.7 Å². The van der Waals surface area contributed by atoms with E-state index in [1.807, 2.05) is 0 Å². The van der Waals surface area contributed by atoms with Gasteiger partial charge >= 0.3 is 5.69 Å². The van der Waals surface area contributed by atoms with Crippen LogP contribution >= 0.6 is 23.2 Å². The molecule has 0 aliphatic heterocycles. The van der Waals surface area contributed by atoms with Crippen LogP contribution in [0.1, 0.15) is 5.56 Å². The molecule has 0 radical (unpaired) electrons. The summed E-state index contributed by atoms with van der Waals surface area (Å²) in [6.45, 7) is 1.43. The summed E-state index contributed by atoms with van der Waals surface area (Å²) in [5, 5.41) is 20.4. The van der Waals surface area contributed by atoms with Gasteiger partial charge in [0.1, 0.15) is 5.02 Å². The molecule has 0 saturated carbocycles. The summed E-state index contributed by atoms with van der Waals surface area (Å²) in [4.78, 5) is 19.5. The second kappa shape index (κ2) is 4.00. The first-order valence-electron chi connectivity index (χ1n) is 3.63. The molecule has 1 aromatic rings. The Morgan fingerprint density at radius 1 is 1.13 bits per heavy atom. The number of hydrogen-bond acceptors (Lipinski definition) is 4. The van der Waals surface area contributed by atoms with Gasteiger partial charge in [0, 0.05) is 6.07 Å². The fraction of sp³-hybridized carbons (Fsp3) is 0.143. The second-order valence-corrected chi connectivity index (χ2v) is 3.46. The zero-order valence-corrected chi connectivity index (χ0v) is 8.87. The third kappa shape index (κ3) is 2.00. The Hall–Kier alpha value is -1.40. The van der Waals surface area contributed by atoms with E-state index in [0.717, 1.165) is 6.07 Å². The highest BCUT2D eigenvalue weighted by molar-refractivity contribution is 6.40. The largest absolute Gasteiger partial charge is 0.313 e. The van der Waals surface area contributed by atoms with Crippen molar-refractivity contribution in [2.24, 2.45) is 0 Å². The molecule has 0 heterocycles. The lowest BCUT2D eigenvalue weighted by Gasteiger charge is -2.02. The van der Waals surface area contributed by atoms with Gasteiger partial charge in [0.05, 0.1) is 9.85 Å². The van der Waals surface area contributed by atoms with E-state index < -0.39 is 26.2 Å². The van der Waals surface area contributed by atoms with E-state index in [0.29, 0.717) is 0 Å². The summed E-state index contributed by atoms with van der Waals surface area (Å²) in [7, 11) is 0. The van der Waals surface area contributed by atoms with Gasteiger partial charge in [-0.25, -0.2) is 0 Å². The van der Waals surface area contributed by atoms with Crippen LogP contribution in [0.4, 0.5) is 11.4 Å². The van der Waals surface area contributed by atoms with Crippen LogP contribution in [-0.2, 0) is 0 Å². The molecule has 0 aromatic heterocycles. The minimum absolute atomic E-state index is 0.185. The van der Waals surface area contributed by atoms with Crippen molar-refractivity contribution in [3.63, 3.8) is 0 Å². The summed E-state index contributed by atoms with van der Waals surface area (Å²) in [5.41, 5.74) is -0.922. The third-order valence-electron chi connectivity index (χ3n) is 1.72. The molecule has 8 heteroatoms. The Kier molecular flexibility index (Phi) is 3.11. The molecule has 0 spiro atoms. The van der Waals surface area contributed by atoms with E-state index in [9.17, 15) is 20.2 Å². The third-order valence-corrected chi connectivity index (χ3v) is 2.57. The predicted octanol–water partition coefficient (Wildman–Crippen LogP) is 3.12. The molecule has 0 saturated heterocycles. The van der Waals surface area contributed by atoms with Crippen molar-refractivity contribution in [2.75, 3.05) is 0 Å². The number of aryl methyl sites for hydroxylation is 1. The van der Waals surface area contributed by atoms with Crippen LogP contribution in [0.5, 0.6) is 0 Å². The number of halogens is 2. The monoisotopic (exact) mass is 250 g/mol. The summed E-state index contributed by atoms with van der Waals surface area (Å²) in [6.07, 6.45) is 0. The molecule has 0 unspecified atom stereocenters. The molecule has 0 aliphatic rings. The smallest absolute Gasteiger partial charge is 0.258 e. The minimum atomic E-state index is -0.843. The van der Waals surface area contributed by atoms with Gasteiger partial charge < -0.3 is 0 Å². The number of nitrogens with zero attached hydrogens (tertiary/aromatic N) is 2. The van der Waals surface area contributed by atoms with Crippen molar-refractivity contribution in [3.05, 3.63) is 41.9 Å². The number of rotatable bonds is 2. The van der Waals surface area contributed by atoms with Gasteiger partial charge in [-0.15, -0.1) is 0 Å². The number of benzene rings is 1. The van der Waals surface area contributed by atoms with Crippen LogP contribution in [0.2, 0.25) is 10.0 Å². The highest BCUT2D eigenvalue weighted by atomic mass is 35.5. The van der Waals surface area contributed by atoms with E-state index >= 15 is 0 Å². The lowest BCUT2D eigenvalue weighted by Crippen LogP contribution is -1.97. The lowest BCUT2D eigenvalue weighted by molar-refractivity contribution is -0.393. The van der Waals surface area contributed by atoms with Gasteiger partial charge in [0.15, 0.2) is 5.02 Å². The quantitative estimate of drug-likeness (QED) is 0.596. The van der Waals surface area contributed by atoms with Gasteiger partial charge in [-0.3, -0.25) is 20.2 Å². The molecule has 0 fully saturated rings. The average Bonchev–Trinajstić information content (AvgIpc) is 2.10. The van der Waals surface area contributed by atoms with E-state index in [4.69, 9.17) is 23.2 Å². The Morgan fingerprint density at radius 2 is 1.67 bits per heavy atom. The van der Waals surface area contributed by atoms with Crippen LogP contribution in [0.3, 0.4) is 0 Å². The molecule has 0 atom stereocenters. The van der Waals surface area contributed by atoms with Crippen molar-refractivity contribution in [3.8, 4) is 0 Å². The summed E-state index contributed by atoms with van der Waals surface area (Å²) < 4.78 is 0. The fourth-order valence-corrected chi connectivity index (χ4v) is 1.58. The van der Waals surface area contributed by atoms with E-state index in [2.05, 4.69) is 0 Å². The first-order valence-corrected chi connectivity index (χ1v) is 4.39. The number of nitro benzene ring substituents is 2. The van der Waals surface area contributed by atoms with Crippen molar-refractivity contribution >= 4 is 34.6 Å². The maximum absolute atomic E-state index is 10.6. The van der Waals surface area contributed by atoms with Gasteiger partial charge in [-0.05, 0) is 12.5 Å². The van der Waals surface area contributed by atoms with Crippen molar-refractivity contribution in [2.45, 2.75) is 6.92 Å². The van der Waals surface area contributed by atoms with Crippen molar-refractivity contribution < 1.29 is 9.85 Å².